The van der Waals surface area contributed by atoms with Gasteiger partial charge in [-0.25, -0.2) is 4.98 Å². The molecule has 5 nitrogen and oxygen atoms in total. The molecule has 0 aliphatic carbocycles. The Balaban J connectivity index is 1.86. The zero-order valence-electron chi connectivity index (χ0n) is 10.6. The lowest BCUT2D eigenvalue weighted by Crippen LogP contribution is -2.11. The van der Waals surface area contributed by atoms with Crippen LogP contribution in [0, 0.1) is 0 Å². The number of H-pyrrole nitrogens is 1. The molecule has 0 bridgehead atoms. The van der Waals surface area contributed by atoms with Crippen molar-refractivity contribution >= 4 is 22.8 Å². The summed E-state index contributed by atoms with van der Waals surface area (Å²) in [7, 11) is 0. The number of aromatic nitrogens is 2. The first-order valence-electron chi connectivity index (χ1n) is 6.16. The zero-order valence-corrected chi connectivity index (χ0v) is 10.6. The van der Waals surface area contributed by atoms with Gasteiger partial charge in [0.1, 0.15) is 0 Å². The van der Waals surface area contributed by atoms with Gasteiger partial charge in [0.15, 0.2) is 5.82 Å². The minimum Gasteiger partial charge on any atom is -0.305 e. The van der Waals surface area contributed by atoms with Gasteiger partial charge < -0.3 is 4.98 Å². The van der Waals surface area contributed by atoms with E-state index in [1.807, 2.05) is 42.5 Å². The van der Waals surface area contributed by atoms with Crippen molar-refractivity contribution in [3.8, 4) is 0 Å². The highest BCUT2D eigenvalue weighted by molar-refractivity contribution is 5.82. The van der Waals surface area contributed by atoms with Crippen LogP contribution < -0.4 is 11.0 Å². The number of hydrazone groups is 1. The lowest BCUT2D eigenvalue weighted by atomic mass is 10.2. The highest BCUT2D eigenvalue weighted by Crippen LogP contribution is 2.06. The molecule has 98 valence electrons. The van der Waals surface area contributed by atoms with Crippen molar-refractivity contribution in [2.75, 3.05) is 5.43 Å². The summed E-state index contributed by atoms with van der Waals surface area (Å²) in [6.07, 6.45) is 1.49. The molecule has 5 heteroatoms. The Morgan fingerprint density at radius 1 is 1.05 bits per heavy atom. The molecule has 1 heterocycles. The van der Waals surface area contributed by atoms with Crippen molar-refractivity contribution in [3.63, 3.8) is 0 Å². The summed E-state index contributed by atoms with van der Waals surface area (Å²) in [6.45, 7) is 0. The maximum Gasteiger partial charge on any atom is 0.259 e. The monoisotopic (exact) mass is 264 g/mol. The molecule has 0 aliphatic heterocycles. The van der Waals surface area contributed by atoms with E-state index in [0.29, 0.717) is 16.7 Å². The quantitative estimate of drug-likeness (QED) is 0.563. The number of benzene rings is 2. The van der Waals surface area contributed by atoms with Gasteiger partial charge in [-0.3, -0.25) is 10.2 Å². The minimum atomic E-state index is -0.170. The van der Waals surface area contributed by atoms with Crippen LogP contribution in [0.1, 0.15) is 5.82 Å². The Kier molecular flexibility index (Phi) is 3.24. The molecule has 3 aromatic rings. The number of nitrogens with zero attached hydrogens (tertiary/aromatic N) is 2. The van der Waals surface area contributed by atoms with Crippen molar-refractivity contribution in [2.24, 2.45) is 5.10 Å². The summed E-state index contributed by atoms with van der Waals surface area (Å²) in [5, 5.41) is 4.62. The summed E-state index contributed by atoms with van der Waals surface area (Å²) in [6, 6.07) is 16.7. The first-order chi connectivity index (χ1) is 9.83. The van der Waals surface area contributed by atoms with Gasteiger partial charge >= 0.3 is 0 Å². The summed E-state index contributed by atoms with van der Waals surface area (Å²) < 4.78 is 0. The van der Waals surface area contributed by atoms with Gasteiger partial charge in [-0.15, -0.1) is 0 Å². The van der Waals surface area contributed by atoms with Gasteiger partial charge in [-0.1, -0.05) is 30.3 Å². The third-order valence-electron chi connectivity index (χ3n) is 2.79. The van der Waals surface area contributed by atoms with Gasteiger partial charge in [-0.2, -0.15) is 5.10 Å². The molecule has 1 aromatic heterocycles. The standard InChI is InChI=1S/C15H12N4O/c20-15-12-8-4-5-9-13(12)17-14(18-15)10-16-19-11-6-2-1-3-7-11/h1-10,19H,(H,17,18,20)/b16-10-. The van der Waals surface area contributed by atoms with Crippen molar-refractivity contribution in [1.29, 1.82) is 0 Å². The molecule has 0 spiro atoms. The van der Waals surface area contributed by atoms with Crippen molar-refractivity contribution in [3.05, 3.63) is 70.8 Å². The molecule has 0 fully saturated rings. The largest absolute Gasteiger partial charge is 0.305 e. The zero-order chi connectivity index (χ0) is 13.8. The van der Waals surface area contributed by atoms with E-state index in [-0.39, 0.29) is 5.56 Å². The van der Waals surface area contributed by atoms with E-state index in [2.05, 4.69) is 20.5 Å². The Labute approximate surface area is 115 Å². The van der Waals surface area contributed by atoms with Crippen LogP contribution >= 0.6 is 0 Å². The number of aromatic amines is 1. The van der Waals surface area contributed by atoms with Crippen molar-refractivity contribution < 1.29 is 0 Å². The van der Waals surface area contributed by atoms with E-state index in [0.717, 1.165) is 5.69 Å². The fourth-order valence-electron chi connectivity index (χ4n) is 1.85. The average molecular weight is 264 g/mol. The van der Waals surface area contributed by atoms with Crippen LogP contribution in [-0.2, 0) is 0 Å². The van der Waals surface area contributed by atoms with Crippen LogP contribution in [0.5, 0.6) is 0 Å². The normalized spacial score (nSPS) is 11.0. The number of anilines is 1. The summed E-state index contributed by atoms with van der Waals surface area (Å²) >= 11 is 0. The first kappa shape index (κ1) is 12.1. The molecule has 0 amide bonds. The maximum absolute atomic E-state index is 11.9. The smallest absolute Gasteiger partial charge is 0.259 e. The maximum atomic E-state index is 11.9. The van der Waals surface area contributed by atoms with Gasteiger partial charge in [0.05, 0.1) is 22.8 Å². The minimum absolute atomic E-state index is 0.170. The highest BCUT2D eigenvalue weighted by atomic mass is 16.1. The first-order valence-corrected chi connectivity index (χ1v) is 6.16. The molecule has 0 saturated carbocycles. The lowest BCUT2D eigenvalue weighted by Gasteiger charge is -1.99. The Morgan fingerprint density at radius 3 is 2.65 bits per heavy atom. The van der Waals surface area contributed by atoms with Crippen molar-refractivity contribution in [1.82, 2.24) is 9.97 Å². The molecule has 3 rings (SSSR count). The van der Waals surface area contributed by atoms with Gasteiger partial charge in [0, 0.05) is 0 Å². The number of rotatable bonds is 3. The van der Waals surface area contributed by atoms with Crippen LogP contribution in [0.3, 0.4) is 0 Å². The second kappa shape index (κ2) is 5.36. The van der Waals surface area contributed by atoms with Crippen LogP contribution in [0.2, 0.25) is 0 Å². The molecule has 2 aromatic carbocycles. The molecule has 0 radical (unpaired) electrons. The number of para-hydroxylation sites is 2. The number of fused-ring (bicyclic) bond motifs is 1. The predicted molar refractivity (Wildman–Crippen MR) is 80.0 cm³/mol. The Hall–Kier alpha value is -2.95. The SMILES string of the molecule is O=c1[nH]c(/C=N\Nc2ccccc2)nc2ccccc12. The van der Waals surface area contributed by atoms with Crippen LogP contribution in [0.25, 0.3) is 10.9 Å². The van der Waals surface area contributed by atoms with E-state index < -0.39 is 0 Å². The number of hydrogen-bond acceptors (Lipinski definition) is 4. The van der Waals surface area contributed by atoms with Crippen LogP contribution in [0.15, 0.2) is 64.5 Å². The lowest BCUT2D eigenvalue weighted by molar-refractivity contribution is 1.14. The van der Waals surface area contributed by atoms with E-state index >= 15 is 0 Å². The molecular formula is C15H12N4O. The molecule has 20 heavy (non-hydrogen) atoms. The average Bonchev–Trinajstić information content (AvgIpc) is 2.48. The second-order valence-electron chi connectivity index (χ2n) is 4.20. The van der Waals surface area contributed by atoms with Crippen LogP contribution in [-0.4, -0.2) is 16.2 Å². The third kappa shape index (κ3) is 2.56. The molecule has 2 N–H and O–H groups in total. The molecule has 0 saturated heterocycles. The van der Waals surface area contributed by atoms with Gasteiger partial charge in [-0.05, 0) is 24.3 Å². The fraction of sp³-hybridized carbons (Fsp3) is 0. The van der Waals surface area contributed by atoms with E-state index in [1.165, 1.54) is 6.21 Å². The number of nitrogens with one attached hydrogen (secondary N) is 2. The molecule has 0 unspecified atom stereocenters. The van der Waals surface area contributed by atoms with E-state index in [9.17, 15) is 4.79 Å². The van der Waals surface area contributed by atoms with Gasteiger partial charge in [0.25, 0.3) is 5.56 Å². The Bertz CT molecular complexity index is 809. The molecular weight excluding hydrogens is 252 g/mol. The van der Waals surface area contributed by atoms with Crippen molar-refractivity contribution in [2.45, 2.75) is 0 Å². The molecule has 0 aliphatic rings. The molecule has 0 atom stereocenters. The summed E-state index contributed by atoms with van der Waals surface area (Å²) in [4.78, 5) is 18.9. The van der Waals surface area contributed by atoms with Gasteiger partial charge in [0.2, 0.25) is 0 Å². The fourth-order valence-corrected chi connectivity index (χ4v) is 1.85. The second-order valence-corrected chi connectivity index (χ2v) is 4.20. The predicted octanol–water partition coefficient (Wildman–Crippen LogP) is 2.37. The third-order valence-corrected chi connectivity index (χ3v) is 2.79. The summed E-state index contributed by atoms with van der Waals surface area (Å²) in [5.41, 5.74) is 4.22. The number of hydrogen-bond donors (Lipinski definition) is 2. The van der Waals surface area contributed by atoms with E-state index in [4.69, 9.17) is 0 Å². The summed E-state index contributed by atoms with van der Waals surface area (Å²) in [5.74, 6) is 0.414. The topological polar surface area (TPSA) is 70.1 Å². The highest BCUT2D eigenvalue weighted by Gasteiger charge is 2.00. The Morgan fingerprint density at radius 2 is 1.80 bits per heavy atom. The van der Waals surface area contributed by atoms with E-state index in [1.54, 1.807) is 12.1 Å². The van der Waals surface area contributed by atoms with Crippen LogP contribution in [0.4, 0.5) is 5.69 Å².